The molecule has 4 nitrogen and oxygen atoms in total. The van der Waals surface area contributed by atoms with Gasteiger partial charge in [-0.25, -0.2) is 0 Å². The first kappa shape index (κ1) is 10.5. The molecule has 0 aliphatic carbocycles. The van der Waals surface area contributed by atoms with Crippen molar-refractivity contribution in [3.63, 3.8) is 0 Å². The van der Waals surface area contributed by atoms with Crippen molar-refractivity contribution in [2.24, 2.45) is 0 Å². The Labute approximate surface area is 85.5 Å². The number of aldehydes is 1. The lowest BCUT2D eigenvalue weighted by atomic mass is 10.2. The minimum absolute atomic E-state index is 0.0372. The molecule has 0 aliphatic heterocycles. The van der Waals surface area contributed by atoms with Gasteiger partial charge in [0.25, 0.3) is 0 Å². The fourth-order valence-electron chi connectivity index (χ4n) is 0.961. The molecule has 0 spiro atoms. The summed E-state index contributed by atoms with van der Waals surface area (Å²) in [4.78, 5) is 21.1. The van der Waals surface area contributed by atoms with Crippen LogP contribution in [0.1, 0.15) is 17.3 Å². The van der Waals surface area contributed by atoms with Crippen molar-refractivity contribution in [3.8, 4) is 5.75 Å². The van der Waals surface area contributed by atoms with E-state index in [1.54, 1.807) is 0 Å². The summed E-state index contributed by atoms with van der Waals surface area (Å²) >= 11 is 5.70. The second kappa shape index (κ2) is 4.11. The third kappa shape index (κ3) is 2.03. The van der Waals surface area contributed by atoms with Gasteiger partial charge in [0, 0.05) is 6.92 Å². The fraction of sp³-hybridized carbons (Fsp3) is 0.111. The number of amides is 1. The SMILES string of the molecule is CC(=O)Nc1ccc(C=O)c(O)c1Cl. The molecule has 1 aromatic carbocycles. The number of rotatable bonds is 2. The molecule has 0 heterocycles. The topological polar surface area (TPSA) is 66.4 Å². The van der Waals surface area contributed by atoms with Crippen LogP contribution in [0.3, 0.4) is 0 Å². The zero-order valence-corrected chi connectivity index (χ0v) is 8.13. The van der Waals surface area contributed by atoms with E-state index in [0.29, 0.717) is 6.29 Å². The molecule has 1 aromatic rings. The van der Waals surface area contributed by atoms with Crippen molar-refractivity contribution in [1.29, 1.82) is 0 Å². The predicted molar refractivity (Wildman–Crippen MR) is 52.8 cm³/mol. The van der Waals surface area contributed by atoms with Gasteiger partial charge in [-0.05, 0) is 12.1 Å². The van der Waals surface area contributed by atoms with Gasteiger partial charge in [0.05, 0.1) is 11.3 Å². The maximum absolute atomic E-state index is 10.7. The van der Waals surface area contributed by atoms with Gasteiger partial charge in [-0.15, -0.1) is 0 Å². The number of benzene rings is 1. The third-order valence-corrected chi connectivity index (χ3v) is 1.97. The number of carbonyl (C=O) groups excluding carboxylic acids is 2. The zero-order chi connectivity index (χ0) is 10.7. The number of hydrogen-bond acceptors (Lipinski definition) is 3. The Balaban J connectivity index is 3.16. The minimum atomic E-state index is -0.326. The van der Waals surface area contributed by atoms with E-state index in [1.165, 1.54) is 19.1 Å². The molecule has 0 saturated heterocycles. The number of aromatic hydroxyl groups is 1. The number of phenolic OH excluding ortho intramolecular Hbond substituents is 1. The van der Waals surface area contributed by atoms with Crippen LogP contribution in [0.25, 0.3) is 0 Å². The van der Waals surface area contributed by atoms with Gasteiger partial charge in [-0.1, -0.05) is 11.6 Å². The van der Waals surface area contributed by atoms with E-state index in [1.807, 2.05) is 0 Å². The highest BCUT2D eigenvalue weighted by molar-refractivity contribution is 6.35. The molecule has 0 aliphatic rings. The molecule has 5 heteroatoms. The Morgan fingerprint density at radius 3 is 2.71 bits per heavy atom. The highest BCUT2D eigenvalue weighted by atomic mass is 35.5. The van der Waals surface area contributed by atoms with Gasteiger partial charge in [0.2, 0.25) is 5.91 Å². The lowest BCUT2D eigenvalue weighted by Gasteiger charge is -2.07. The predicted octanol–water partition coefficient (Wildman–Crippen LogP) is 1.82. The van der Waals surface area contributed by atoms with Gasteiger partial charge in [-0.2, -0.15) is 0 Å². The Morgan fingerprint density at radius 1 is 1.57 bits per heavy atom. The van der Waals surface area contributed by atoms with Gasteiger partial charge >= 0.3 is 0 Å². The second-order valence-corrected chi connectivity index (χ2v) is 3.04. The van der Waals surface area contributed by atoms with Crippen LogP contribution < -0.4 is 5.32 Å². The van der Waals surface area contributed by atoms with Gasteiger partial charge in [0.1, 0.15) is 10.8 Å². The van der Waals surface area contributed by atoms with E-state index in [4.69, 9.17) is 11.6 Å². The molecule has 0 aromatic heterocycles. The van der Waals surface area contributed by atoms with Crippen molar-refractivity contribution >= 4 is 29.5 Å². The Morgan fingerprint density at radius 2 is 2.21 bits per heavy atom. The molecule has 0 fully saturated rings. The summed E-state index contributed by atoms with van der Waals surface area (Å²) in [6.45, 7) is 1.32. The fourth-order valence-corrected chi connectivity index (χ4v) is 1.18. The first-order valence-electron chi connectivity index (χ1n) is 3.80. The third-order valence-electron chi connectivity index (χ3n) is 1.59. The van der Waals surface area contributed by atoms with Crippen LogP contribution in [0.5, 0.6) is 5.75 Å². The quantitative estimate of drug-likeness (QED) is 0.737. The molecule has 2 N–H and O–H groups in total. The minimum Gasteiger partial charge on any atom is -0.506 e. The lowest BCUT2D eigenvalue weighted by Crippen LogP contribution is -2.06. The summed E-state index contributed by atoms with van der Waals surface area (Å²) in [6.07, 6.45) is 0.485. The molecule has 1 rings (SSSR count). The van der Waals surface area contributed by atoms with Gasteiger partial charge in [-0.3, -0.25) is 9.59 Å². The molecule has 74 valence electrons. The van der Waals surface area contributed by atoms with Crippen LogP contribution in [0, 0.1) is 0 Å². The summed E-state index contributed by atoms with van der Waals surface area (Å²) in [6, 6.07) is 2.83. The van der Waals surface area contributed by atoms with Crippen LogP contribution in [0.4, 0.5) is 5.69 Å². The summed E-state index contributed by atoms with van der Waals surface area (Å²) in [5.74, 6) is -0.627. The number of phenols is 1. The standard InChI is InChI=1S/C9H8ClNO3/c1-5(13)11-7-3-2-6(4-12)9(14)8(7)10/h2-4,14H,1H3,(H,11,13). The summed E-state index contributed by atoms with van der Waals surface area (Å²) in [5, 5.41) is 11.8. The Bertz CT molecular complexity index is 390. The molecular formula is C9H8ClNO3. The monoisotopic (exact) mass is 213 g/mol. The van der Waals surface area contributed by atoms with Crippen molar-refractivity contribution < 1.29 is 14.7 Å². The van der Waals surface area contributed by atoms with Crippen LogP contribution in [0.15, 0.2) is 12.1 Å². The molecule has 0 radical (unpaired) electrons. The number of hydrogen-bond donors (Lipinski definition) is 2. The molecule has 0 saturated carbocycles. The molecular weight excluding hydrogens is 206 g/mol. The first-order valence-corrected chi connectivity index (χ1v) is 4.18. The molecule has 0 unspecified atom stereocenters. The van der Waals surface area contributed by atoms with Crippen LogP contribution in [0.2, 0.25) is 5.02 Å². The lowest BCUT2D eigenvalue weighted by molar-refractivity contribution is -0.114. The van der Waals surface area contributed by atoms with Crippen molar-refractivity contribution in [1.82, 2.24) is 0 Å². The van der Waals surface area contributed by atoms with Crippen molar-refractivity contribution in [2.45, 2.75) is 6.92 Å². The van der Waals surface area contributed by atoms with E-state index in [-0.39, 0.29) is 27.9 Å². The zero-order valence-electron chi connectivity index (χ0n) is 7.37. The molecule has 0 atom stereocenters. The smallest absolute Gasteiger partial charge is 0.221 e. The number of halogens is 1. The summed E-state index contributed by atoms with van der Waals surface area (Å²) in [7, 11) is 0. The molecule has 1 amide bonds. The normalized spacial score (nSPS) is 9.57. The van der Waals surface area contributed by atoms with Crippen LogP contribution in [-0.4, -0.2) is 17.3 Å². The van der Waals surface area contributed by atoms with Crippen LogP contribution in [-0.2, 0) is 4.79 Å². The Hall–Kier alpha value is -1.55. The van der Waals surface area contributed by atoms with Crippen LogP contribution >= 0.6 is 11.6 Å². The number of nitrogens with one attached hydrogen (secondary N) is 1. The average Bonchev–Trinajstić information content (AvgIpc) is 2.13. The average molecular weight is 214 g/mol. The van der Waals surface area contributed by atoms with E-state index < -0.39 is 0 Å². The molecule has 14 heavy (non-hydrogen) atoms. The largest absolute Gasteiger partial charge is 0.506 e. The second-order valence-electron chi connectivity index (χ2n) is 2.66. The first-order chi connectivity index (χ1) is 6.56. The number of carbonyl (C=O) groups is 2. The highest BCUT2D eigenvalue weighted by Gasteiger charge is 2.10. The van der Waals surface area contributed by atoms with E-state index in [2.05, 4.69) is 5.32 Å². The summed E-state index contributed by atoms with van der Waals surface area (Å²) < 4.78 is 0. The van der Waals surface area contributed by atoms with E-state index >= 15 is 0 Å². The van der Waals surface area contributed by atoms with Gasteiger partial charge in [0.15, 0.2) is 6.29 Å². The highest BCUT2D eigenvalue weighted by Crippen LogP contribution is 2.33. The Kier molecular flexibility index (Phi) is 3.09. The van der Waals surface area contributed by atoms with Crippen molar-refractivity contribution in [2.75, 3.05) is 5.32 Å². The molecule has 0 bridgehead atoms. The number of anilines is 1. The maximum Gasteiger partial charge on any atom is 0.221 e. The van der Waals surface area contributed by atoms with E-state index in [0.717, 1.165) is 0 Å². The van der Waals surface area contributed by atoms with E-state index in [9.17, 15) is 14.7 Å². The van der Waals surface area contributed by atoms with Crippen molar-refractivity contribution in [3.05, 3.63) is 22.7 Å². The maximum atomic E-state index is 10.7. The summed E-state index contributed by atoms with van der Waals surface area (Å²) in [5.41, 5.74) is 0.367. The van der Waals surface area contributed by atoms with Gasteiger partial charge < -0.3 is 10.4 Å².